The number of hydrogen-bond donors (Lipinski definition) is 1. The fourth-order valence-corrected chi connectivity index (χ4v) is 2.67. The Morgan fingerprint density at radius 1 is 1.39 bits per heavy atom. The monoisotopic (exact) mass is 341 g/mol. The molecule has 0 aromatic heterocycles. The van der Waals surface area contributed by atoms with Crippen molar-refractivity contribution in [1.82, 2.24) is 5.32 Å². The zero-order valence-electron chi connectivity index (χ0n) is 13.4. The molecule has 0 radical (unpaired) electrons. The molecule has 2 atom stereocenters. The van der Waals surface area contributed by atoms with Crippen molar-refractivity contribution in [3.63, 3.8) is 0 Å². The van der Waals surface area contributed by atoms with E-state index in [0.29, 0.717) is 6.61 Å². The smallest absolute Gasteiger partial charge is 0.238 e. The van der Waals surface area contributed by atoms with Gasteiger partial charge in [-0.3, -0.25) is 4.79 Å². The van der Waals surface area contributed by atoms with E-state index in [1.54, 1.807) is 0 Å². The first-order valence-electron chi connectivity index (χ1n) is 7.66. The van der Waals surface area contributed by atoms with Crippen LogP contribution in [0.1, 0.15) is 25.3 Å². The summed E-state index contributed by atoms with van der Waals surface area (Å²) in [7, 11) is -3.37. The van der Waals surface area contributed by atoms with Crippen LogP contribution in [0.4, 0.5) is 0 Å². The second-order valence-corrected chi connectivity index (χ2v) is 8.15. The third kappa shape index (κ3) is 5.51. The number of hydrogen-bond acceptors (Lipinski definition) is 5. The Morgan fingerprint density at radius 2 is 2.09 bits per heavy atom. The van der Waals surface area contributed by atoms with Gasteiger partial charge in [0.05, 0.1) is 6.10 Å². The van der Waals surface area contributed by atoms with Gasteiger partial charge in [0.2, 0.25) is 5.91 Å². The Balaban J connectivity index is 1.79. The van der Waals surface area contributed by atoms with Crippen molar-refractivity contribution in [3.8, 4) is 5.75 Å². The highest BCUT2D eigenvalue weighted by Gasteiger charge is 2.23. The molecular weight excluding hydrogens is 318 g/mol. The second kappa shape index (κ2) is 7.79. The predicted octanol–water partition coefficient (Wildman–Crippen LogP) is 1.29. The quantitative estimate of drug-likeness (QED) is 0.808. The average Bonchev–Trinajstić information content (AvgIpc) is 3.03. The molecule has 1 aromatic rings. The lowest BCUT2D eigenvalue weighted by atomic mass is 10.2. The number of carbonyl (C=O) groups is 1. The van der Waals surface area contributed by atoms with Gasteiger partial charge in [-0.1, -0.05) is 12.1 Å². The molecule has 1 aromatic carbocycles. The highest BCUT2D eigenvalue weighted by atomic mass is 32.2. The lowest BCUT2D eigenvalue weighted by molar-refractivity contribution is -0.120. The van der Waals surface area contributed by atoms with Gasteiger partial charge in [0.25, 0.3) is 0 Å². The third-order valence-corrected chi connectivity index (χ3v) is 5.36. The van der Waals surface area contributed by atoms with E-state index in [-0.39, 0.29) is 12.6 Å². The topological polar surface area (TPSA) is 81.7 Å². The Bertz CT molecular complexity index is 620. The van der Waals surface area contributed by atoms with Gasteiger partial charge >= 0.3 is 0 Å². The van der Waals surface area contributed by atoms with Gasteiger partial charge in [0, 0.05) is 19.4 Å². The fraction of sp³-hybridized carbons (Fsp3) is 0.562. The second-order valence-electron chi connectivity index (χ2n) is 5.78. The molecule has 0 saturated carbocycles. The summed E-state index contributed by atoms with van der Waals surface area (Å²) in [6.45, 7) is 3.01. The number of carbonyl (C=O) groups excluding carboxylic acids is 1. The van der Waals surface area contributed by atoms with Gasteiger partial charge in [-0.05, 0) is 37.5 Å². The molecule has 1 aliphatic heterocycles. The van der Waals surface area contributed by atoms with Crippen LogP contribution in [0, 0.1) is 0 Å². The van der Waals surface area contributed by atoms with Crippen molar-refractivity contribution >= 4 is 15.7 Å². The highest BCUT2D eigenvalue weighted by Crippen LogP contribution is 2.16. The molecule has 1 amide bonds. The maximum atomic E-state index is 11.8. The Labute approximate surface area is 137 Å². The largest absolute Gasteiger partial charge is 0.491 e. The zero-order chi connectivity index (χ0) is 16.9. The van der Waals surface area contributed by atoms with Gasteiger partial charge in [-0.2, -0.15) is 0 Å². The Hall–Kier alpha value is -1.60. The molecule has 1 fully saturated rings. The van der Waals surface area contributed by atoms with Crippen LogP contribution < -0.4 is 10.1 Å². The van der Waals surface area contributed by atoms with E-state index in [0.717, 1.165) is 37.0 Å². The van der Waals surface area contributed by atoms with Gasteiger partial charge in [0.15, 0.2) is 9.84 Å². The van der Waals surface area contributed by atoms with Gasteiger partial charge in [-0.15, -0.1) is 0 Å². The number of sulfone groups is 1. The number of rotatable bonds is 7. The van der Waals surface area contributed by atoms with Crippen LogP contribution in [-0.2, 0) is 25.9 Å². The summed E-state index contributed by atoms with van der Waals surface area (Å²) in [6, 6.07) is 7.35. The van der Waals surface area contributed by atoms with E-state index in [4.69, 9.17) is 9.47 Å². The third-order valence-electron chi connectivity index (χ3n) is 3.86. The molecule has 1 N–H and O–H groups in total. The maximum absolute atomic E-state index is 11.8. The number of amides is 1. The highest BCUT2D eigenvalue weighted by molar-refractivity contribution is 7.92. The van der Waals surface area contributed by atoms with E-state index in [1.807, 2.05) is 24.3 Å². The van der Waals surface area contributed by atoms with Crippen LogP contribution >= 0.6 is 0 Å². The zero-order valence-corrected chi connectivity index (χ0v) is 14.3. The average molecular weight is 341 g/mol. The lowest BCUT2D eigenvalue weighted by Gasteiger charge is -2.12. The summed E-state index contributed by atoms with van der Waals surface area (Å²) >= 11 is 0. The number of nitrogens with one attached hydrogen (secondary N) is 1. The molecule has 2 rings (SSSR count). The van der Waals surface area contributed by atoms with Crippen molar-refractivity contribution < 1.29 is 22.7 Å². The minimum atomic E-state index is -3.37. The molecule has 0 aliphatic carbocycles. The molecule has 6 nitrogen and oxygen atoms in total. The summed E-state index contributed by atoms with van der Waals surface area (Å²) < 4.78 is 33.8. The van der Waals surface area contributed by atoms with Gasteiger partial charge in [-0.25, -0.2) is 8.42 Å². The van der Waals surface area contributed by atoms with Crippen LogP contribution in [0.2, 0.25) is 0 Å². The standard InChI is InChI=1S/C16H23NO5S/c1-12(23(2,19)20)16(18)17-10-13-5-7-14(8-6-13)22-11-15-4-3-9-21-15/h5-8,12,15H,3-4,9-11H2,1-2H3,(H,17,18)/t12-,15-/m1/s1. The van der Waals surface area contributed by atoms with E-state index in [1.165, 1.54) is 6.92 Å². The molecule has 0 bridgehead atoms. The van der Waals surface area contributed by atoms with Crippen LogP contribution in [0.5, 0.6) is 5.75 Å². The maximum Gasteiger partial charge on any atom is 0.238 e. The van der Waals surface area contributed by atoms with Gasteiger partial charge in [0.1, 0.15) is 17.6 Å². The normalized spacial score (nSPS) is 19.3. The Kier molecular flexibility index (Phi) is 6.01. The van der Waals surface area contributed by atoms with Crippen LogP contribution in [-0.4, -0.2) is 45.1 Å². The predicted molar refractivity (Wildman–Crippen MR) is 87.1 cm³/mol. The van der Waals surface area contributed by atoms with Crippen molar-refractivity contribution in [2.45, 2.75) is 37.7 Å². The van der Waals surface area contributed by atoms with Crippen LogP contribution in [0.3, 0.4) is 0 Å². The first-order chi connectivity index (χ1) is 10.9. The minimum absolute atomic E-state index is 0.173. The SMILES string of the molecule is C[C@H](C(=O)NCc1ccc(OC[C@H]2CCCO2)cc1)S(C)(=O)=O. The van der Waals surface area contributed by atoms with Crippen LogP contribution in [0.25, 0.3) is 0 Å². The lowest BCUT2D eigenvalue weighted by Crippen LogP contribution is -2.36. The minimum Gasteiger partial charge on any atom is -0.491 e. The van der Waals surface area contributed by atoms with Crippen molar-refractivity contribution in [1.29, 1.82) is 0 Å². The van der Waals surface area contributed by atoms with E-state index < -0.39 is 21.0 Å². The van der Waals surface area contributed by atoms with Crippen molar-refractivity contribution in [2.24, 2.45) is 0 Å². The molecule has 1 saturated heterocycles. The first-order valence-corrected chi connectivity index (χ1v) is 9.61. The van der Waals surface area contributed by atoms with E-state index >= 15 is 0 Å². The molecule has 0 unspecified atom stereocenters. The van der Waals surface area contributed by atoms with E-state index in [9.17, 15) is 13.2 Å². The van der Waals surface area contributed by atoms with Crippen molar-refractivity contribution in [2.75, 3.05) is 19.5 Å². The summed E-state index contributed by atoms with van der Waals surface area (Å²) in [5.41, 5.74) is 0.878. The molecule has 7 heteroatoms. The molecule has 0 spiro atoms. The van der Waals surface area contributed by atoms with Crippen molar-refractivity contribution in [3.05, 3.63) is 29.8 Å². The summed E-state index contributed by atoms with van der Waals surface area (Å²) in [4.78, 5) is 11.8. The molecule has 128 valence electrons. The summed E-state index contributed by atoms with van der Waals surface area (Å²) in [5, 5.41) is 1.58. The van der Waals surface area contributed by atoms with Gasteiger partial charge < -0.3 is 14.8 Å². The molecule has 1 aliphatic rings. The number of ether oxygens (including phenoxy) is 2. The molecule has 23 heavy (non-hydrogen) atoms. The summed E-state index contributed by atoms with van der Waals surface area (Å²) in [6.07, 6.45) is 3.34. The van der Waals surface area contributed by atoms with Crippen LogP contribution in [0.15, 0.2) is 24.3 Å². The molecule has 1 heterocycles. The fourth-order valence-electron chi connectivity index (χ4n) is 2.20. The van der Waals surface area contributed by atoms with E-state index in [2.05, 4.69) is 5.32 Å². The summed E-state index contributed by atoms with van der Waals surface area (Å²) in [5.74, 6) is 0.256. The Morgan fingerprint density at radius 3 is 2.65 bits per heavy atom. The first kappa shape index (κ1) is 17.7. The molecular formula is C16H23NO5S. The number of benzene rings is 1.